The summed E-state index contributed by atoms with van der Waals surface area (Å²) < 4.78 is 1.59. The molecule has 8 nitrogen and oxygen atoms in total. The van der Waals surface area contributed by atoms with Gasteiger partial charge in [0.05, 0.1) is 23.5 Å². The number of hydrogen-bond donors (Lipinski definition) is 1. The van der Waals surface area contributed by atoms with Crippen molar-refractivity contribution in [2.75, 3.05) is 13.1 Å². The first-order valence-corrected chi connectivity index (χ1v) is 5.39. The summed E-state index contributed by atoms with van der Waals surface area (Å²) in [5.41, 5.74) is 9.23. The van der Waals surface area contributed by atoms with Gasteiger partial charge in [-0.15, -0.1) is 0 Å². The lowest BCUT2D eigenvalue weighted by molar-refractivity contribution is 0.0955. The molecular weight excluding hydrogens is 234 g/mol. The number of carbonyl (C=O) groups excluding carboxylic acids is 1. The molecule has 18 heavy (non-hydrogen) atoms. The van der Waals surface area contributed by atoms with E-state index in [1.54, 1.807) is 23.1 Å². The van der Waals surface area contributed by atoms with Crippen LogP contribution in [0, 0.1) is 0 Å². The summed E-state index contributed by atoms with van der Waals surface area (Å²) in [7, 11) is 0. The number of carbonyl (C=O) groups is 1. The highest BCUT2D eigenvalue weighted by molar-refractivity contribution is 6.00. The van der Waals surface area contributed by atoms with Crippen LogP contribution in [0.4, 0.5) is 0 Å². The lowest BCUT2D eigenvalue weighted by Crippen LogP contribution is -2.24. The molecule has 0 radical (unpaired) electrons. The number of fused-ring (bicyclic) bond motifs is 1. The molecule has 0 spiro atoms. The summed E-state index contributed by atoms with van der Waals surface area (Å²) in [5, 5.41) is 10.2. The largest absolute Gasteiger partial charge is 0.352 e. The monoisotopic (exact) mass is 245 g/mol. The van der Waals surface area contributed by atoms with Crippen LogP contribution in [0.25, 0.3) is 16.0 Å². The minimum Gasteiger partial charge on any atom is -0.352 e. The summed E-state index contributed by atoms with van der Waals surface area (Å²) in [5.74, 6) is -0.209. The zero-order valence-corrected chi connectivity index (χ0v) is 9.52. The Bertz CT molecular complexity index is 599. The summed E-state index contributed by atoms with van der Waals surface area (Å²) in [6.07, 6.45) is 6.96. The lowest BCUT2D eigenvalue weighted by atomic mass is 10.2. The van der Waals surface area contributed by atoms with Gasteiger partial charge >= 0.3 is 0 Å². The van der Waals surface area contributed by atoms with Gasteiger partial charge in [0.2, 0.25) is 0 Å². The fourth-order valence-corrected chi connectivity index (χ4v) is 1.50. The Balaban J connectivity index is 1.98. The van der Waals surface area contributed by atoms with Gasteiger partial charge in [0.25, 0.3) is 5.91 Å². The first-order valence-electron chi connectivity index (χ1n) is 5.39. The Hall–Kier alpha value is -2.60. The van der Waals surface area contributed by atoms with Gasteiger partial charge in [-0.3, -0.25) is 9.78 Å². The Labute approximate surface area is 102 Å². The maximum Gasteiger partial charge on any atom is 0.255 e. The van der Waals surface area contributed by atoms with Crippen LogP contribution in [0.15, 0.2) is 29.9 Å². The molecule has 0 saturated heterocycles. The molecule has 0 saturated carbocycles. The molecule has 0 bridgehead atoms. The van der Waals surface area contributed by atoms with Gasteiger partial charge in [-0.05, 0) is 12.0 Å². The van der Waals surface area contributed by atoms with E-state index in [0.29, 0.717) is 30.6 Å². The molecular formula is C10H11N7O. The normalized spacial score (nSPS) is 10.0. The Morgan fingerprint density at radius 3 is 3.28 bits per heavy atom. The fraction of sp³-hybridized carbons (Fsp3) is 0.300. The number of rotatable bonds is 5. The van der Waals surface area contributed by atoms with E-state index in [4.69, 9.17) is 5.53 Å². The van der Waals surface area contributed by atoms with Crippen molar-refractivity contribution in [3.05, 3.63) is 40.8 Å². The van der Waals surface area contributed by atoms with E-state index >= 15 is 0 Å². The van der Waals surface area contributed by atoms with Gasteiger partial charge < -0.3 is 5.32 Å². The van der Waals surface area contributed by atoms with E-state index in [2.05, 4.69) is 25.4 Å². The molecule has 2 aromatic heterocycles. The molecule has 1 amide bonds. The molecule has 92 valence electrons. The van der Waals surface area contributed by atoms with Crippen LogP contribution in [0.3, 0.4) is 0 Å². The maximum atomic E-state index is 11.9. The highest BCUT2D eigenvalue weighted by Crippen LogP contribution is 2.07. The first-order chi connectivity index (χ1) is 8.83. The van der Waals surface area contributed by atoms with Gasteiger partial charge in [-0.25, -0.2) is 4.52 Å². The smallest absolute Gasteiger partial charge is 0.255 e. The van der Waals surface area contributed by atoms with Crippen molar-refractivity contribution in [2.45, 2.75) is 6.42 Å². The van der Waals surface area contributed by atoms with Crippen molar-refractivity contribution in [2.24, 2.45) is 5.11 Å². The maximum absolute atomic E-state index is 11.9. The van der Waals surface area contributed by atoms with Gasteiger partial charge in [-0.1, -0.05) is 5.11 Å². The molecule has 0 aromatic carbocycles. The Morgan fingerprint density at radius 1 is 1.56 bits per heavy atom. The van der Waals surface area contributed by atoms with E-state index in [9.17, 15) is 4.79 Å². The third-order valence-electron chi connectivity index (χ3n) is 2.35. The lowest BCUT2D eigenvalue weighted by Gasteiger charge is -2.01. The fourth-order valence-electron chi connectivity index (χ4n) is 1.50. The zero-order chi connectivity index (χ0) is 12.8. The van der Waals surface area contributed by atoms with Crippen LogP contribution in [-0.2, 0) is 0 Å². The van der Waals surface area contributed by atoms with E-state index < -0.39 is 0 Å². The SMILES string of the molecule is [N-]=[N+]=NCCCNC(=O)c1cnn2ccncc12. The molecule has 1 N–H and O–H groups in total. The molecule has 0 fully saturated rings. The number of nitrogens with one attached hydrogen (secondary N) is 1. The van der Waals surface area contributed by atoms with Crippen LogP contribution >= 0.6 is 0 Å². The van der Waals surface area contributed by atoms with Gasteiger partial charge in [0.1, 0.15) is 0 Å². The third-order valence-corrected chi connectivity index (χ3v) is 2.35. The molecule has 0 atom stereocenters. The average molecular weight is 245 g/mol. The molecule has 8 heteroatoms. The minimum absolute atomic E-state index is 0.209. The first kappa shape index (κ1) is 11.9. The number of nitrogens with zero attached hydrogens (tertiary/aromatic N) is 6. The van der Waals surface area contributed by atoms with Crippen LogP contribution < -0.4 is 5.32 Å². The topological polar surface area (TPSA) is 108 Å². The molecule has 2 heterocycles. The van der Waals surface area contributed by atoms with Crippen LogP contribution in [0.2, 0.25) is 0 Å². The zero-order valence-electron chi connectivity index (χ0n) is 9.52. The predicted octanol–water partition coefficient (Wildman–Crippen LogP) is 1.16. The van der Waals surface area contributed by atoms with Crippen molar-refractivity contribution in [1.29, 1.82) is 0 Å². The minimum atomic E-state index is -0.209. The van der Waals surface area contributed by atoms with Crippen molar-refractivity contribution in [3.63, 3.8) is 0 Å². The quantitative estimate of drug-likeness (QED) is 0.369. The highest BCUT2D eigenvalue weighted by Gasteiger charge is 2.11. The molecule has 2 rings (SSSR count). The Kier molecular flexibility index (Phi) is 3.72. The number of aromatic nitrogens is 3. The summed E-state index contributed by atoms with van der Waals surface area (Å²) in [4.78, 5) is 18.4. The van der Waals surface area contributed by atoms with E-state index in [-0.39, 0.29) is 5.91 Å². The van der Waals surface area contributed by atoms with Crippen molar-refractivity contribution in [3.8, 4) is 0 Å². The standard InChI is InChI=1S/C10H11N7O/c11-16-14-3-1-2-13-10(18)8-6-15-17-5-4-12-7-9(8)17/h4-7H,1-3H2,(H,13,18). The summed E-state index contributed by atoms with van der Waals surface area (Å²) in [6, 6.07) is 0. The highest BCUT2D eigenvalue weighted by atomic mass is 16.1. The number of hydrogen-bond acceptors (Lipinski definition) is 4. The summed E-state index contributed by atoms with van der Waals surface area (Å²) >= 11 is 0. The second kappa shape index (κ2) is 5.65. The number of azide groups is 1. The van der Waals surface area contributed by atoms with Crippen LogP contribution in [-0.4, -0.2) is 33.6 Å². The van der Waals surface area contributed by atoms with Gasteiger partial charge in [0.15, 0.2) is 0 Å². The van der Waals surface area contributed by atoms with Gasteiger partial charge in [-0.2, -0.15) is 5.10 Å². The summed E-state index contributed by atoms with van der Waals surface area (Å²) in [6.45, 7) is 0.822. The van der Waals surface area contributed by atoms with Crippen LogP contribution in [0.1, 0.15) is 16.8 Å². The van der Waals surface area contributed by atoms with Crippen LogP contribution in [0.5, 0.6) is 0 Å². The van der Waals surface area contributed by atoms with Crippen molar-refractivity contribution >= 4 is 11.4 Å². The average Bonchev–Trinajstić information content (AvgIpc) is 2.82. The molecule has 0 aliphatic heterocycles. The third kappa shape index (κ3) is 2.55. The predicted molar refractivity (Wildman–Crippen MR) is 64.0 cm³/mol. The van der Waals surface area contributed by atoms with Gasteiger partial charge in [0, 0.05) is 30.4 Å². The van der Waals surface area contributed by atoms with E-state index in [1.807, 2.05) is 0 Å². The number of amides is 1. The molecule has 0 aliphatic rings. The molecule has 2 aromatic rings. The second-order valence-corrected chi connectivity index (χ2v) is 3.53. The Morgan fingerprint density at radius 2 is 2.44 bits per heavy atom. The molecule has 0 unspecified atom stereocenters. The second-order valence-electron chi connectivity index (χ2n) is 3.53. The van der Waals surface area contributed by atoms with E-state index in [1.165, 1.54) is 6.20 Å². The molecule has 0 aliphatic carbocycles. The van der Waals surface area contributed by atoms with Crippen molar-refractivity contribution in [1.82, 2.24) is 19.9 Å². The van der Waals surface area contributed by atoms with E-state index in [0.717, 1.165) is 0 Å². The van der Waals surface area contributed by atoms with Crippen molar-refractivity contribution < 1.29 is 4.79 Å².